The largest absolute Gasteiger partial charge is 0.344 e. The normalized spacial score (nSPS) is 24.9. The van der Waals surface area contributed by atoms with Crippen LogP contribution in [0.15, 0.2) is 4.52 Å². The van der Waals surface area contributed by atoms with Gasteiger partial charge in [-0.25, -0.2) is 0 Å². The van der Waals surface area contributed by atoms with Crippen LogP contribution in [-0.2, 0) is 5.41 Å². The van der Waals surface area contributed by atoms with Crippen LogP contribution in [0.1, 0.15) is 38.5 Å². The molecule has 1 aliphatic rings. The molecule has 0 aromatic carbocycles. The van der Waals surface area contributed by atoms with Gasteiger partial charge >= 0.3 is 0 Å². The molecule has 96 valence electrons. The van der Waals surface area contributed by atoms with Gasteiger partial charge in [0.2, 0.25) is 5.89 Å². The molecule has 5 heteroatoms. The number of anilines is 1. The summed E-state index contributed by atoms with van der Waals surface area (Å²) in [5.41, 5.74) is 0.0499. The molecular weight excluding hydrogens is 216 g/mol. The molecule has 0 aliphatic carbocycles. The van der Waals surface area contributed by atoms with E-state index in [-0.39, 0.29) is 5.41 Å². The third-order valence-electron chi connectivity index (χ3n) is 3.47. The summed E-state index contributed by atoms with van der Waals surface area (Å²) in [7, 11) is 3.86. The molecule has 0 saturated carbocycles. The Morgan fingerprint density at radius 1 is 1.47 bits per heavy atom. The van der Waals surface area contributed by atoms with Crippen molar-refractivity contribution in [2.75, 3.05) is 32.1 Å². The molecular formula is C12H22N4O. The molecule has 1 aliphatic heterocycles. The lowest BCUT2D eigenvalue weighted by Crippen LogP contribution is -2.43. The molecule has 1 fully saturated rings. The number of hydrogen-bond donors (Lipinski definition) is 1. The maximum Gasteiger partial charge on any atom is 0.265 e. The van der Waals surface area contributed by atoms with Crippen LogP contribution >= 0.6 is 0 Å². The van der Waals surface area contributed by atoms with E-state index in [2.05, 4.69) is 22.4 Å². The summed E-state index contributed by atoms with van der Waals surface area (Å²) in [5.74, 6) is 1.47. The van der Waals surface area contributed by atoms with E-state index in [0.29, 0.717) is 5.95 Å². The van der Waals surface area contributed by atoms with Gasteiger partial charge in [-0.15, -0.1) is 0 Å². The summed E-state index contributed by atoms with van der Waals surface area (Å²) in [6.45, 7) is 4.26. The second-order valence-electron chi connectivity index (χ2n) is 5.10. The molecule has 2 rings (SSSR count). The lowest BCUT2D eigenvalue weighted by Gasteiger charge is -2.34. The van der Waals surface area contributed by atoms with Crippen LogP contribution in [0.3, 0.4) is 0 Å². The van der Waals surface area contributed by atoms with Crippen LogP contribution in [-0.4, -0.2) is 37.3 Å². The molecule has 0 amide bonds. The molecule has 0 spiro atoms. The molecule has 17 heavy (non-hydrogen) atoms. The van der Waals surface area contributed by atoms with Crippen LogP contribution in [0.2, 0.25) is 0 Å². The number of piperidine rings is 1. The molecule has 0 bridgehead atoms. The first-order chi connectivity index (χ1) is 8.18. The predicted molar refractivity (Wildman–Crippen MR) is 67.3 cm³/mol. The molecule has 0 radical (unpaired) electrons. The summed E-state index contributed by atoms with van der Waals surface area (Å²) in [6.07, 6.45) is 4.57. The predicted octanol–water partition coefficient (Wildman–Crippen LogP) is 1.56. The zero-order valence-electron chi connectivity index (χ0n) is 11.0. The van der Waals surface area contributed by atoms with Crippen molar-refractivity contribution in [1.29, 1.82) is 0 Å². The third kappa shape index (κ3) is 2.44. The standard InChI is InChI=1S/C12H22N4O/c1-4-6-12(7-5-8-13-9-12)10-14-11(15-17-10)16(2)3/h13H,4-9H2,1-3H3. The van der Waals surface area contributed by atoms with Crippen LogP contribution in [0, 0.1) is 0 Å². The van der Waals surface area contributed by atoms with Crippen LogP contribution in [0.5, 0.6) is 0 Å². The van der Waals surface area contributed by atoms with E-state index >= 15 is 0 Å². The Bertz CT molecular complexity index is 350. The Morgan fingerprint density at radius 2 is 2.29 bits per heavy atom. The third-order valence-corrected chi connectivity index (χ3v) is 3.47. The highest BCUT2D eigenvalue weighted by molar-refractivity contribution is 5.26. The second-order valence-corrected chi connectivity index (χ2v) is 5.10. The van der Waals surface area contributed by atoms with E-state index in [4.69, 9.17) is 4.52 Å². The smallest absolute Gasteiger partial charge is 0.265 e. The van der Waals surface area contributed by atoms with Crippen molar-refractivity contribution in [1.82, 2.24) is 15.5 Å². The van der Waals surface area contributed by atoms with Gasteiger partial charge in [-0.05, 0) is 31.0 Å². The van der Waals surface area contributed by atoms with Gasteiger partial charge in [0.1, 0.15) is 0 Å². The SMILES string of the molecule is CCCC1(c2nc(N(C)C)no2)CCCNC1. The van der Waals surface area contributed by atoms with E-state index in [1.54, 1.807) is 0 Å². The van der Waals surface area contributed by atoms with Gasteiger partial charge in [0.25, 0.3) is 5.95 Å². The van der Waals surface area contributed by atoms with Crippen LogP contribution < -0.4 is 10.2 Å². The summed E-state index contributed by atoms with van der Waals surface area (Å²) in [4.78, 5) is 6.41. The zero-order valence-corrected chi connectivity index (χ0v) is 11.0. The Labute approximate surface area is 103 Å². The van der Waals surface area contributed by atoms with Gasteiger partial charge in [0.05, 0.1) is 5.41 Å². The summed E-state index contributed by atoms with van der Waals surface area (Å²) in [5, 5.41) is 7.49. The Kier molecular flexibility index (Phi) is 3.66. The van der Waals surface area contributed by atoms with Gasteiger partial charge in [-0.3, -0.25) is 0 Å². The van der Waals surface area contributed by atoms with E-state index in [9.17, 15) is 0 Å². The van der Waals surface area contributed by atoms with Crippen molar-refractivity contribution in [3.63, 3.8) is 0 Å². The van der Waals surface area contributed by atoms with Gasteiger partial charge in [0.15, 0.2) is 0 Å². The van der Waals surface area contributed by atoms with E-state index in [1.165, 1.54) is 6.42 Å². The maximum atomic E-state index is 5.48. The number of aromatic nitrogens is 2. The molecule has 1 saturated heterocycles. The molecule has 5 nitrogen and oxygen atoms in total. The van der Waals surface area contributed by atoms with Gasteiger partial charge in [-0.1, -0.05) is 13.3 Å². The van der Waals surface area contributed by atoms with Crippen molar-refractivity contribution in [3.05, 3.63) is 5.89 Å². The highest BCUT2D eigenvalue weighted by Gasteiger charge is 2.38. The molecule has 1 aromatic rings. The average molecular weight is 238 g/mol. The summed E-state index contributed by atoms with van der Waals surface area (Å²) >= 11 is 0. The average Bonchev–Trinajstić information content (AvgIpc) is 2.80. The number of rotatable bonds is 4. The van der Waals surface area contributed by atoms with Crippen molar-refractivity contribution in [2.24, 2.45) is 0 Å². The lowest BCUT2D eigenvalue weighted by molar-refractivity contribution is 0.213. The Balaban J connectivity index is 2.24. The number of nitrogens with one attached hydrogen (secondary N) is 1. The van der Waals surface area contributed by atoms with Crippen molar-refractivity contribution in [2.45, 2.75) is 38.0 Å². The Hall–Kier alpha value is -1.10. The highest BCUT2D eigenvalue weighted by atomic mass is 16.5. The minimum absolute atomic E-state index is 0.0499. The van der Waals surface area contributed by atoms with Gasteiger partial charge in [-0.2, -0.15) is 4.98 Å². The summed E-state index contributed by atoms with van der Waals surface area (Å²) in [6, 6.07) is 0. The summed E-state index contributed by atoms with van der Waals surface area (Å²) < 4.78 is 5.48. The zero-order chi connectivity index (χ0) is 12.3. The van der Waals surface area contributed by atoms with E-state index < -0.39 is 0 Å². The molecule has 1 unspecified atom stereocenters. The van der Waals surface area contributed by atoms with Gasteiger partial charge in [0, 0.05) is 20.6 Å². The van der Waals surface area contributed by atoms with Crippen molar-refractivity contribution >= 4 is 5.95 Å². The topological polar surface area (TPSA) is 54.2 Å². The fourth-order valence-corrected chi connectivity index (χ4v) is 2.56. The van der Waals surface area contributed by atoms with E-state index in [0.717, 1.165) is 38.2 Å². The van der Waals surface area contributed by atoms with Crippen LogP contribution in [0.4, 0.5) is 5.95 Å². The van der Waals surface area contributed by atoms with Gasteiger partial charge < -0.3 is 14.7 Å². The quantitative estimate of drug-likeness (QED) is 0.862. The first kappa shape index (κ1) is 12.4. The molecule has 1 N–H and O–H groups in total. The lowest BCUT2D eigenvalue weighted by atomic mass is 9.77. The molecule has 1 atom stereocenters. The second kappa shape index (κ2) is 5.04. The molecule has 1 aromatic heterocycles. The highest BCUT2D eigenvalue weighted by Crippen LogP contribution is 2.35. The fraction of sp³-hybridized carbons (Fsp3) is 0.833. The van der Waals surface area contributed by atoms with Crippen molar-refractivity contribution < 1.29 is 4.52 Å². The molecule has 2 heterocycles. The van der Waals surface area contributed by atoms with E-state index in [1.807, 2.05) is 19.0 Å². The maximum absolute atomic E-state index is 5.48. The first-order valence-corrected chi connectivity index (χ1v) is 6.40. The fourth-order valence-electron chi connectivity index (χ4n) is 2.56. The first-order valence-electron chi connectivity index (χ1n) is 6.40. The Morgan fingerprint density at radius 3 is 2.82 bits per heavy atom. The minimum Gasteiger partial charge on any atom is -0.344 e. The monoisotopic (exact) mass is 238 g/mol. The van der Waals surface area contributed by atoms with Crippen LogP contribution in [0.25, 0.3) is 0 Å². The minimum atomic E-state index is 0.0499. The number of hydrogen-bond acceptors (Lipinski definition) is 5. The van der Waals surface area contributed by atoms with Crippen molar-refractivity contribution in [3.8, 4) is 0 Å². The number of nitrogens with zero attached hydrogens (tertiary/aromatic N) is 3.